The zero-order valence-electron chi connectivity index (χ0n) is 50.2. The van der Waals surface area contributed by atoms with E-state index in [9.17, 15) is 29.4 Å². The van der Waals surface area contributed by atoms with Gasteiger partial charge in [0.05, 0.1) is 86.8 Å². The first-order valence-electron chi connectivity index (χ1n) is 31.6. The maximum atomic E-state index is 13.6. The maximum absolute atomic E-state index is 13.6. The second kappa shape index (κ2) is 21.7. The van der Waals surface area contributed by atoms with Gasteiger partial charge in [0.25, 0.3) is 17.0 Å². The van der Waals surface area contributed by atoms with Gasteiger partial charge in [0.15, 0.2) is 0 Å². The zero-order valence-corrected chi connectivity index (χ0v) is 50.2. The van der Waals surface area contributed by atoms with Gasteiger partial charge >= 0.3 is 5.97 Å². The molecule has 0 saturated heterocycles. The maximum Gasteiger partial charge on any atom is 0.339 e. The molecule has 0 bridgehead atoms. The molecular weight excluding hydrogens is 1100 g/mol. The average Bonchev–Trinajstić information content (AvgIpc) is 1.55. The van der Waals surface area contributed by atoms with E-state index in [0.717, 1.165) is 58.4 Å². The Kier molecular flexibility index (Phi) is 14.3. The minimum absolute atomic E-state index is 0.0779. The second-order valence-electron chi connectivity index (χ2n) is 28.7. The van der Waals surface area contributed by atoms with Crippen LogP contribution >= 0.6 is 0 Å². The van der Waals surface area contributed by atoms with Crippen molar-refractivity contribution in [1.82, 2.24) is 44.1 Å². The van der Waals surface area contributed by atoms with E-state index >= 15 is 0 Å². The van der Waals surface area contributed by atoms with Crippen molar-refractivity contribution in [2.75, 3.05) is 13.2 Å². The predicted octanol–water partition coefficient (Wildman–Crippen LogP) is 9.94. The van der Waals surface area contributed by atoms with E-state index in [0.29, 0.717) is 75.6 Å². The van der Waals surface area contributed by atoms with Gasteiger partial charge in [0.2, 0.25) is 0 Å². The first kappa shape index (κ1) is 57.3. The van der Waals surface area contributed by atoms with Crippen LogP contribution in [0.1, 0.15) is 186 Å². The Morgan fingerprint density at radius 3 is 1.37 bits per heavy atom. The summed E-state index contributed by atoms with van der Waals surface area (Å²) in [5.74, 6) is 3.40. The molecule has 8 aliphatic rings. The molecule has 0 unspecified atom stereocenters. The van der Waals surface area contributed by atoms with E-state index in [2.05, 4.69) is 27.6 Å². The van der Waals surface area contributed by atoms with Crippen molar-refractivity contribution in [3.05, 3.63) is 141 Å². The molecule has 1 amide bonds. The summed E-state index contributed by atoms with van der Waals surface area (Å²) in [6.45, 7) is 6.97. The number of carboxylic acid groups (broad SMARTS) is 1. The van der Waals surface area contributed by atoms with Crippen LogP contribution in [0.5, 0.6) is 11.5 Å². The van der Waals surface area contributed by atoms with Crippen molar-refractivity contribution in [2.45, 2.75) is 178 Å². The van der Waals surface area contributed by atoms with E-state index in [1.807, 2.05) is 51.8 Å². The molecule has 0 radical (unpaired) electrons. The summed E-state index contributed by atoms with van der Waals surface area (Å²) < 4.78 is 17.9. The number of nitrogens with zero attached hydrogens (tertiary/aromatic N) is 8. The van der Waals surface area contributed by atoms with Gasteiger partial charge in [-0.1, -0.05) is 36.4 Å². The van der Waals surface area contributed by atoms with Gasteiger partial charge in [-0.3, -0.25) is 14.4 Å². The molecule has 87 heavy (non-hydrogen) atoms. The molecule has 16 rings (SSSR count). The first-order chi connectivity index (χ1) is 41.7. The number of carbonyl (C=O) groups excluding carboxylic acids is 1. The number of amides is 1. The van der Waals surface area contributed by atoms with Crippen LogP contribution in [-0.4, -0.2) is 102 Å². The number of aromatic carboxylic acids is 1. The van der Waals surface area contributed by atoms with Crippen LogP contribution in [0.2, 0.25) is 0 Å². The number of hydrogen-bond donors (Lipinski definition) is 5. The number of hydrogen-bond acceptors (Lipinski definition) is 13. The Balaban J connectivity index is 0.000000128. The number of nitrogens with one attached hydrogen (secondary N) is 1. The number of ether oxygens (including phenoxy) is 2. The lowest BCUT2D eigenvalue weighted by Crippen LogP contribution is -2.55. The van der Waals surface area contributed by atoms with Crippen molar-refractivity contribution in [2.24, 2.45) is 40.2 Å². The Bertz CT molecular complexity index is 4050. The van der Waals surface area contributed by atoms with Crippen LogP contribution in [0.4, 0.5) is 0 Å². The standard InChI is InChI=1S/C34H39N5O4.C22H27N3O.C12H14N2O4/c1-33(2,42)19-43-24-11-12-28-27(17-35-38(28)18-24)31(40)36-23-15-34(16-23)13-22(14-34)29-25-5-3-4-6-26(25)32(41)39(37-29)30(20-7-8-20)21-9-10-21;23-16-11-22(12-16)9-15(10-22)19-17-3-1-2-4-18(17)21(26)25(24-19)20(13-5-6-13)14-7-8-14;1-12(2,17)7-18-8-3-4-10-9(11(15)16)5-13-14(10)6-8/h3-6,11-12,17-18,20-23,30,42H,7-10,13-16,19H2,1-2H3,(H,36,40);1-4,13-16,20H,5-12,23H2;3-6,17H,7H2,1-2H3,(H,15,16). The van der Waals surface area contributed by atoms with Gasteiger partial charge in [-0.05, 0) is 201 Å². The molecule has 8 fully saturated rings. The average molecular weight is 1180 g/mol. The van der Waals surface area contributed by atoms with E-state index in [1.54, 1.807) is 69.0 Å². The van der Waals surface area contributed by atoms with Gasteiger partial charge in [0, 0.05) is 34.7 Å². The number of rotatable bonds is 17. The summed E-state index contributed by atoms with van der Waals surface area (Å²) in [6, 6.07) is 24.2. The summed E-state index contributed by atoms with van der Waals surface area (Å²) in [7, 11) is 0. The van der Waals surface area contributed by atoms with Crippen LogP contribution in [0.25, 0.3) is 32.6 Å². The number of aliphatic hydroxyl groups is 2. The molecule has 6 heterocycles. The first-order valence-corrected chi connectivity index (χ1v) is 31.6. The van der Waals surface area contributed by atoms with Crippen LogP contribution in [0.15, 0.2) is 107 Å². The molecule has 8 aliphatic carbocycles. The monoisotopic (exact) mass is 1180 g/mol. The molecule has 6 N–H and O–H groups in total. The summed E-state index contributed by atoms with van der Waals surface area (Å²) in [5, 5.41) is 53.9. The van der Waals surface area contributed by atoms with Gasteiger partial charge in [-0.15, -0.1) is 0 Å². The third-order valence-electron chi connectivity index (χ3n) is 19.9. The molecule has 0 aliphatic heterocycles. The molecule has 0 atom stereocenters. The highest BCUT2D eigenvalue weighted by Crippen LogP contribution is 2.63. The van der Waals surface area contributed by atoms with E-state index in [4.69, 9.17) is 30.5 Å². The van der Waals surface area contributed by atoms with Crippen LogP contribution < -0.4 is 31.6 Å². The fraction of sp³-hybridized carbons (Fsp3) is 0.529. The summed E-state index contributed by atoms with van der Waals surface area (Å²) >= 11 is 0. The van der Waals surface area contributed by atoms with Crippen LogP contribution in [0.3, 0.4) is 0 Å². The number of carbonyl (C=O) groups is 2. The highest BCUT2D eigenvalue weighted by molar-refractivity contribution is 6.01. The number of carboxylic acids is 1. The van der Waals surface area contributed by atoms with Gasteiger partial charge < -0.3 is 35.8 Å². The zero-order chi connectivity index (χ0) is 60.3. The summed E-state index contributed by atoms with van der Waals surface area (Å²) in [6.07, 6.45) is 24.9. The largest absolute Gasteiger partial charge is 0.489 e. The number of benzene rings is 2. The fourth-order valence-electron chi connectivity index (χ4n) is 15.2. The third-order valence-corrected chi connectivity index (χ3v) is 19.9. The van der Waals surface area contributed by atoms with Gasteiger partial charge in [-0.25, -0.2) is 23.2 Å². The minimum atomic E-state index is -1.02. The predicted molar refractivity (Wildman–Crippen MR) is 328 cm³/mol. The third kappa shape index (κ3) is 11.7. The Morgan fingerprint density at radius 1 is 0.586 bits per heavy atom. The quantitative estimate of drug-likeness (QED) is 0.0569. The highest BCUT2D eigenvalue weighted by Gasteiger charge is 2.56. The van der Waals surface area contributed by atoms with Gasteiger partial charge in [-0.2, -0.15) is 20.4 Å². The Hall–Kier alpha value is -7.48. The smallest absolute Gasteiger partial charge is 0.339 e. The summed E-state index contributed by atoms with van der Waals surface area (Å²) in [4.78, 5) is 50.9. The Morgan fingerprint density at radius 2 is 0.977 bits per heavy atom. The normalized spacial score (nSPS) is 24.9. The van der Waals surface area contributed by atoms with Crippen molar-refractivity contribution in [3.63, 3.8) is 0 Å². The molecule has 19 nitrogen and oxygen atoms in total. The van der Waals surface area contributed by atoms with E-state index in [-0.39, 0.29) is 53.3 Å². The molecule has 19 heteroatoms. The highest BCUT2D eigenvalue weighted by atomic mass is 16.5. The topological polar surface area (TPSA) is 256 Å². The molecule has 456 valence electrons. The second-order valence-corrected chi connectivity index (χ2v) is 28.7. The van der Waals surface area contributed by atoms with E-state index in [1.165, 1.54) is 93.5 Å². The van der Waals surface area contributed by atoms with Crippen molar-refractivity contribution >= 4 is 44.5 Å². The van der Waals surface area contributed by atoms with Crippen molar-refractivity contribution in [1.29, 1.82) is 0 Å². The molecule has 8 saturated carbocycles. The molecule has 8 aromatic rings. The molecule has 2 spiro atoms. The molecular formula is C68H80N10O9. The number of fused-ring (bicyclic) bond motifs is 4. The lowest BCUT2D eigenvalue weighted by molar-refractivity contribution is -0.0199. The van der Waals surface area contributed by atoms with E-state index < -0.39 is 17.2 Å². The van der Waals surface area contributed by atoms with Crippen LogP contribution in [-0.2, 0) is 0 Å². The minimum Gasteiger partial charge on any atom is -0.489 e. The number of aromatic nitrogens is 8. The molecule has 2 aromatic carbocycles. The lowest BCUT2D eigenvalue weighted by Gasteiger charge is -2.57. The lowest BCUT2D eigenvalue weighted by atomic mass is 9.49. The molecule has 6 aromatic heterocycles. The van der Waals surface area contributed by atoms with Gasteiger partial charge in [0.1, 0.15) is 30.3 Å². The fourth-order valence-corrected chi connectivity index (χ4v) is 15.2. The number of pyridine rings is 2. The number of nitrogens with two attached hydrogens (primary N) is 1. The van der Waals surface area contributed by atoms with Crippen molar-refractivity contribution in [3.8, 4) is 11.5 Å². The SMILES string of the molecule is CC(C)(O)COc1ccc2c(C(=O)NC3CC4(C3)CC(c3nn(C(C5CC5)C5CC5)c(=O)c5ccccc35)C4)cnn2c1.CC(C)(O)COc1ccc2c(C(=O)O)cnn2c1.NC1CC2(C1)CC(c1nn(C(C3CC3)C3CC3)c(=O)c3ccccc13)C2. The van der Waals surface area contributed by atoms with Crippen LogP contribution in [0, 0.1) is 34.5 Å². The van der Waals surface area contributed by atoms with Crippen molar-refractivity contribution < 1.29 is 34.4 Å². The Labute approximate surface area is 504 Å². The summed E-state index contributed by atoms with van der Waals surface area (Å²) in [5.41, 5.74) is 9.29.